The number of amides is 1. The van der Waals surface area contributed by atoms with Crippen LogP contribution in [0.2, 0.25) is 0 Å². The molecule has 0 N–H and O–H groups in total. The third-order valence-corrected chi connectivity index (χ3v) is 5.55. The number of carbonyl (C=O) groups excluding carboxylic acids is 1. The summed E-state index contributed by atoms with van der Waals surface area (Å²) in [6, 6.07) is 7.03. The molecule has 8 heteroatoms. The number of rotatable bonds is 6. The summed E-state index contributed by atoms with van der Waals surface area (Å²) in [4.78, 5) is 15.1. The Bertz CT molecular complexity index is 1050. The monoisotopic (exact) mass is 411 g/mol. The zero-order chi connectivity index (χ0) is 21.3. The average Bonchev–Trinajstić information content (AvgIpc) is 3.51. The number of hydrogen-bond acceptors (Lipinski definition) is 7. The second-order valence-corrected chi connectivity index (χ2v) is 7.26. The van der Waals surface area contributed by atoms with Crippen LogP contribution in [0.4, 0.5) is 0 Å². The quantitative estimate of drug-likeness (QED) is 0.600. The number of methoxy groups -OCH3 is 2. The molecule has 3 aromatic rings. The molecule has 0 saturated carbocycles. The van der Waals surface area contributed by atoms with Crippen molar-refractivity contribution in [1.29, 1.82) is 0 Å². The molecule has 1 atom stereocenters. The summed E-state index contributed by atoms with van der Waals surface area (Å²) in [6.07, 6.45) is 2.54. The van der Waals surface area contributed by atoms with Gasteiger partial charge in [0.2, 0.25) is 0 Å². The molecule has 1 aromatic carbocycles. The summed E-state index contributed by atoms with van der Waals surface area (Å²) >= 11 is 0. The van der Waals surface area contributed by atoms with Crippen molar-refractivity contribution in [3.63, 3.8) is 0 Å². The number of aryl methyl sites for hydroxylation is 2. The fourth-order valence-corrected chi connectivity index (χ4v) is 4.06. The maximum atomic E-state index is 13.2. The van der Waals surface area contributed by atoms with E-state index in [9.17, 15) is 4.79 Å². The Kier molecular flexibility index (Phi) is 5.48. The molecule has 1 amide bonds. The van der Waals surface area contributed by atoms with Gasteiger partial charge in [-0.25, -0.2) is 0 Å². The third-order valence-electron chi connectivity index (χ3n) is 5.55. The van der Waals surface area contributed by atoms with Crippen molar-refractivity contribution >= 4 is 5.91 Å². The zero-order valence-corrected chi connectivity index (χ0v) is 17.6. The highest BCUT2D eigenvalue weighted by Gasteiger charge is 2.36. The van der Waals surface area contributed by atoms with Gasteiger partial charge in [-0.1, -0.05) is 17.2 Å². The van der Waals surface area contributed by atoms with Crippen LogP contribution in [0.1, 0.15) is 53.3 Å². The number of hydrogen-bond donors (Lipinski definition) is 0. The predicted octanol–water partition coefficient (Wildman–Crippen LogP) is 4.19. The lowest BCUT2D eigenvalue weighted by Gasteiger charge is -2.24. The van der Waals surface area contributed by atoms with Crippen LogP contribution >= 0.6 is 0 Å². The molecule has 1 unspecified atom stereocenters. The Labute approximate surface area is 174 Å². The van der Waals surface area contributed by atoms with Crippen LogP contribution in [-0.4, -0.2) is 41.9 Å². The molecular weight excluding hydrogens is 386 g/mol. The highest BCUT2D eigenvalue weighted by atomic mass is 16.5. The van der Waals surface area contributed by atoms with Crippen molar-refractivity contribution < 1.29 is 23.3 Å². The van der Waals surface area contributed by atoms with E-state index in [-0.39, 0.29) is 17.6 Å². The fourth-order valence-electron chi connectivity index (χ4n) is 4.06. The van der Waals surface area contributed by atoms with Crippen LogP contribution in [0, 0.1) is 6.92 Å². The van der Waals surface area contributed by atoms with Gasteiger partial charge in [-0.15, -0.1) is 0 Å². The van der Waals surface area contributed by atoms with E-state index in [1.54, 1.807) is 32.4 Å². The lowest BCUT2D eigenvalue weighted by atomic mass is 10.0. The maximum absolute atomic E-state index is 13.2. The van der Waals surface area contributed by atoms with E-state index in [0.29, 0.717) is 23.8 Å². The van der Waals surface area contributed by atoms with Crippen LogP contribution in [0.5, 0.6) is 11.5 Å². The van der Waals surface area contributed by atoms with E-state index in [2.05, 4.69) is 10.3 Å². The molecular formula is C22H25N3O5. The van der Waals surface area contributed by atoms with Gasteiger partial charge >= 0.3 is 0 Å². The molecule has 0 bridgehead atoms. The van der Waals surface area contributed by atoms with E-state index in [1.165, 1.54) is 0 Å². The van der Waals surface area contributed by atoms with E-state index in [4.69, 9.17) is 18.5 Å². The second kappa shape index (κ2) is 8.22. The van der Waals surface area contributed by atoms with Crippen molar-refractivity contribution in [3.8, 4) is 22.8 Å². The summed E-state index contributed by atoms with van der Waals surface area (Å²) in [7, 11) is 3.15. The van der Waals surface area contributed by atoms with Gasteiger partial charge in [0.1, 0.15) is 5.76 Å². The Hall–Kier alpha value is -3.29. The van der Waals surface area contributed by atoms with Gasteiger partial charge in [0.25, 0.3) is 5.91 Å². The Morgan fingerprint density at radius 2 is 1.97 bits per heavy atom. The van der Waals surface area contributed by atoms with E-state index < -0.39 is 0 Å². The van der Waals surface area contributed by atoms with Crippen molar-refractivity contribution in [2.45, 2.75) is 39.2 Å². The van der Waals surface area contributed by atoms with Gasteiger partial charge in [0.05, 0.1) is 26.0 Å². The first kappa shape index (κ1) is 20.0. The highest BCUT2D eigenvalue weighted by molar-refractivity contribution is 5.93. The standard InChI is InChI=1S/C22H25N3O5/c1-5-17-21(13(2)23-29-17)16-7-6-10-25(16)22(26)15-12-19(30-24-15)14-8-9-18(27-3)20(11-14)28-4/h8-9,11-12,16H,5-7,10H2,1-4H3. The molecule has 8 nitrogen and oxygen atoms in total. The topological polar surface area (TPSA) is 90.8 Å². The lowest BCUT2D eigenvalue weighted by molar-refractivity contribution is 0.0724. The number of nitrogens with zero attached hydrogens (tertiary/aromatic N) is 3. The first-order valence-electron chi connectivity index (χ1n) is 10.0. The van der Waals surface area contributed by atoms with Crippen molar-refractivity contribution in [2.75, 3.05) is 20.8 Å². The molecule has 0 spiro atoms. The maximum Gasteiger partial charge on any atom is 0.276 e. The Morgan fingerprint density at radius 1 is 1.17 bits per heavy atom. The molecule has 1 aliphatic rings. The average molecular weight is 411 g/mol. The second-order valence-electron chi connectivity index (χ2n) is 7.26. The largest absolute Gasteiger partial charge is 0.493 e. The Morgan fingerprint density at radius 3 is 2.70 bits per heavy atom. The van der Waals surface area contributed by atoms with Gasteiger partial charge < -0.3 is 23.4 Å². The van der Waals surface area contributed by atoms with Crippen molar-refractivity contribution in [3.05, 3.63) is 47.0 Å². The van der Waals surface area contributed by atoms with Crippen LogP contribution < -0.4 is 9.47 Å². The van der Waals surface area contributed by atoms with E-state index in [0.717, 1.165) is 41.8 Å². The van der Waals surface area contributed by atoms with Crippen LogP contribution in [0.3, 0.4) is 0 Å². The predicted molar refractivity (Wildman–Crippen MR) is 109 cm³/mol. The molecule has 30 heavy (non-hydrogen) atoms. The van der Waals surface area contributed by atoms with E-state index >= 15 is 0 Å². The first-order valence-corrected chi connectivity index (χ1v) is 10.0. The molecule has 158 valence electrons. The Balaban J connectivity index is 1.60. The van der Waals surface area contributed by atoms with Gasteiger partial charge in [-0.05, 0) is 38.0 Å². The zero-order valence-electron chi connectivity index (χ0n) is 17.6. The molecule has 3 heterocycles. The van der Waals surface area contributed by atoms with Gasteiger partial charge in [-0.3, -0.25) is 4.79 Å². The minimum absolute atomic E-state index is 0.0556. The van der Waals surface area contributed by atoms with Crippen LogP contribution in [-0.2, 0) is 6.42 Å². The number of benzene rings is 1. The van der Waals surface area contributed by atoms with Crippen molar-refractivity contribution in [2.24, 2.45) is 0 Å². The summed E-state index contributed by atoms with van der Waals surface area (Å²) in [5.41, 5.74) is 2.88. The molecule has 0 aliphatic carbocycles. The minimum atomic E-state index is -0.157. The van der Waals surface area contributed by atoms with Crippen molar-refractivity contribution in [1.82, 2.24) is 15.2 Å². The van der Waals surface area contributed by atoms with Crippen LogP contribution in [0.15, 0.2) is 33.3 Å². The fraction of sp³-hybridized carbons (Fsp3) is 0.409. The number of ether oxygens (including phenoxy) is 2. The van der Waals surface area contributed by atoms with Crippen LogP contribution in [0.25, 0.3) is 11.3 Å². The first-order chi connectivity index (χ1) is 14.6. The summed E-state index contributed by atoms with van der Waals surface area (Å²) < 4.78 is 21.5. The molecule has 2 aromatic heterocycles. The molecule has 4 rings (SSSR count). The smallest absolute Gasteiger partial charge is 0.276 e. The molecule has 1 aliphatic heterocycles. The van der Waals surface area contributed by atoms with E-state index in [1.807, 2.05) is 24.8 Å². The molecule has 1 fully saturated rings. The highest BCUT2D eigenvalue weighted by Crippen LogP contribution is 2.37. The summed E-state index contributed by atoms with van der Waals surface area (Å²) in [6.45, 7) is 4.61. The summed E-state index contributed by atoms with van der Waals surface area (Å²) in [5, 5.41) is 8.14. The molecule has 0 radical (unpaired) electrons. The normalized spacial score (nSPS) is 16.1. The lowest BCUT2D eigenvalue weighted by Crippen LogP contribution is -2.31. The van der Waals surface area contributed by atoms with Gasteiger partial charge in [-0.2, -0.15) is 0 Å². The van der Waals surface area contributed by atoms with Gasteiger partial charge in [0.15, 0.2) is 23.0 Å². The number of aromatic nitrogens is 2. The number of likely N-dealkylation sites (tertiary alicyclic amines) is 1. The number of carbonyl (C=O) groups is 1. The molecule has 1 saturated heterocycles. The SMILES string of the molecule is CCc1onc(C)c1C1CCCN1C(=O)c1cc(-c2ccc(OC)c(OC)c2)on1. The third kappa shape index (κ3) is 3.42. The minimum Gasteiger partial charge on any atom is -0.493 e. The summed E-state index contributed by atoms with van der Waals surface area (Å²) in [5.74, 6) is 2.37. The van der Waals surface area contributed by atoms with Gasteiger partial charge in [0, 0.05) is 30.2 Å².